The smallest absolute Gasteiger partial charge is 0.190 e. The first-order valence-corrected chi connectivity index (χ1v) is 10.3. The van der Waals surface area contributed by atoms with Crippen LogP contribution in [-0.4, -0.2) is 35.2 Å². The van der Waals surface area contributed by atoms with Crippen LogP contribution in [0.3, 0.4) is 0 Å². The van der Waals surface area contributed by atoms with Crippen molar-refractivity contribution >= 4 is 13.3 Å². The van der Waals surface area contributed by atoms with Gasteiger partial charge in [0.2, 0.25) is 0 Å². The second-order valence-corrected chi connectivity index (χ2v) is 9.74. The molecule has 3 aliphatic heterocycles. The topological polar surface area (TPSA) is 38.7 Å². The van der Waals surface area contributed by atoms with E-state index in [4.69, 9.17) is 9.47 Å². The molecule has 0 amide bonds. The quantitative estimate of drug-likeness (QED) is 0.833. The van der Waals surface area contributed by atoms with Crippen LogP contribution in [0.4, 0.5) is 0 Å². The Kier molecular flexibility index (Phi) is 4.30. The van der Waals surface area contributed by atoms with Gasteiger partial charge in [0, 0.05) is 6.42 Å². The van der Waals surface area contributed by atoms with Crippen LogP contribution < -0.4 is 0 Å². The van der Waals surface area contributed by atoms with Crippen LogP contribution in [0.15, 0.2) is 47.3 Å². The number of aryl methyl sites for hydroxylation is 1. The molecule has 3 nitrogen and oxygen atoms in total. The molecule has 3 unspecified atom stereocenters. The van der Waals surface area contributed by atoms with E-state index >= 15 is 0 Å². The van der Waals surface area contributed by atoms with Gasteiger partial charge >= 0.3 is 0 Å². The number of aliphatic hydroxyl groups is 1. The summed E-state index contributed by atoms with van der Waals surface area (Å²) in [6.45, 7) is 4.78. The van der Waals surface area contributed by atoms with E-state index in [1.807, 2.05) is 6.92 Å². The van der Waals surface area contributed by atoms with E-state index in [0.29, 0.717) is 19.4 Å². The van der Waals surface area contributed by atoms with Crippen molar-refractivity contribution in [3.63, 3.8) is 0 Å². The van der Waals surface area contributed by atoms with Gasteiger partial charge in [-0.1, -0.05) is 47.8 Å². The Morgan fingerprint density at radius 2 is 2.04 bits per heavy atom. The molecule has 0 aromatic heterocycles. The Hall–Kier alpha value is -1.12. The van der Waals surface area contributed by atoms with Gasteiger partial charge in [0.1, 0.15) is 0 Å². The molecule has 1 aromatic carbocycles. The monoisotopic (exact) mass is 344 g/mol. The minimum Gasteiger partial charge on any atom is -0.393 e. The summed E-state index contributed by atoms with van der Waals surface area (Å²) in [7, 11) is -1.09. The molecular weight excluding hydrogens is 319 g/mol. The van der Waals surface area contributed by atoms with E-state index in [-0.39, 0.29) is 12.2 Å². The Labute approximate surface area is 144 Å². The minimum atomic E-state index is -1.09. The van der Waals surface area contributed by atoms with E-state index in [1.165, 1.54) is 22.0 Å². The van der Waals surface area contributed by atoms with Gasteiger partial charge in [-0.2, -0.15) is 0 Å². The third kappa shape index (κ3) is 3.07. The van der Waals surface area contributed by atoms with Gasteiger partial charge in [0.15, 0.2) is 5.53 Å². The van der Waals surface area contributed by atoms with Crippen molar-refractivity contribution in [2.75, 3.05) is 6.61 Å². The number of allylic oxidation sites excluding steroid dienone is 3. The molecule has 4 rings (SSSR count). The molecule has 0 aliphatic carbocycles. The molecule has 0 radical (unpaired) electrons. The number of fused-ring (bicyclic) bond motifs is 2. The molecule has 24 heavy (non-hydrogen) atoms. The normalized spacial score (nSPS) is 35.2. The molecular formula is C20H25O3P. The average molecular weight is 344 g/mol. The molecule has 1 spiro atoms. The van der Waals surface area contributed by atoms with Crippen molar-refractivity contribution in [2.24, 2.45) is 0 Å². The first-order valence-electron chi connectivity index (χ1n) is 8.72. The molecule has 3 heterocycles. The molecule has 4 heteroatoms. The lowest BCUT2D eigenvalue weighted by atomic mass is 10.0. The van der Waals surface area contributed by atoms with Crippen molar-refractivity contribution in [3.05, 3.63) is 58.4 Å². The Morgan fingerprint density at radius 1 is 1.25 bits per heavy atom. The van der Waals surface area contributed by atoms with Crippen molar-refractivity contribution in [2.45, 2.75) is 50.8 Å². The van der Waals surface area contributed by atoms with Crippen molar-refractivity contribution < 1.29 is 14.6 Å². The summed E-state index contributed by atoms with van der Waals surface area (Å²) in [6, 6.07) is 8.72. The van der Waals surface area contributed by atoms with Gasteiger partial charge in [0.25, 0.3) is 0 Å². The fourth-order valence-electron chi connectivity index (χ4n) is 3.89. The molecule has 2 saturated heterocycles. The zero-order valence-corrected chi connectivity index (χ0v) is 15.3. The highest BCUT2D eigenvalue weighted by Crippen LogP contribution is 2.60. The van der Waals surface area contributed by atoms with Crippen LogP contribution in [0.1, 0.15) is 30.9 Å². The number of hydrogen-bond acceptors (Lipinski definition) is 3. The number of ether oxygens (including phenoxy) is 2. The largest absolute Gasteiger partial charge is 0.393 e. The van der Waals surface area contributed by atoms with Gasteiger partial charge < -0.3 is 14.6 Å². The molecule has 2 fully saturated rings. The van der Waals surface area contributed by atoms with Gasteiger partial charge in [-0.3, -0.25) is 0 Å². The van der Waals surface area contributed by atoms with Crippen LogP contribution in [-0.2, 0) is 15.9 Å². The summed E-state index contributed by atoms with van der Waals surface area (Å²) in [5, 5.41) is 11.6. The molecule has 0 bridgehead atoms. The van der Waals surface area contributed by atoms with Gasteiger partial charge in [-0.05, 0) is 50.7 Å². The molecule has 4 atom stereocenters. The Bertz CT molecular complexity index is 720. The van der Waals surface area contributed by atoms with Crippen LogP contribution >= 0.6 is 7.55 Å². The van der Waals surface area contributed by atoms with E-state index in [9.17, 15) is 5.11 Å². The lowest BCUT2D eigenvalue weighted by Gasteiger charge is -2.40. The minimum absolute atomic E-state index is 0.0467. The fraction of sp³-hybridized carbons (Fsp3) is 0.450. The Morgan fingerprint density at radius 3 is 2.79 bits per heavy atom. The Balaban J connectivity index is 1.61. The van der Waals surface area contributed by atoms with Crippen molar-refractivity contribution in [3.8, 4) is 0 Å². The van der Waals surface area contributed by atoms with Gasteiger partial charge in [-0.25, -0.2) is 0 Å². The predicted molar refractivity (Wildman–Crippen MR) is 99.9 cm³/mol. The molecule has 128 valence electrons. The summed E-state index contributed by atoms with van der Waals surface area (Å²) in [5.41, 5.74) is 3.36. The van der Waals surface area contributed by atoms with E-state index in [2.05, 4.69) is 49.1 Å². The van der Waals surface area contributed by atoms with Crippen molar-refractivity contribution in [1.29, 1.82) is 0 Å². The molecule has 1 aromatic rings. The van der Waals surface area contributed by atoms with Crippen LogP contribution in [0.2, 0.25) is 0 Å². The highest BCUT2D eigenvalue weighted by Gasteiger charge is 2.48. The predicted octanol–water partition coefficient (Wildman–Crippen LogP) is 3.62. The number of hydrogen-bond donors (Lipinski definition) is 1. The zero-order chi connectivity index (χ0) is 16.7. The number of benzene rings is 1. The maximum atomic E-state index is 10.2. The van der Waals surface area contributed by atoms with Crippen LogP contribution in [0.5, 0.6) is 0 Å². The van der Waals surface area contributed by atoms with E-state index in [0.717, 1.165) is 6.42 Å². The van der Waals surface area contributed by atoms with E-state index < -0.39 is 13.1 Å². The highest BCUT2D eigenvalue weighted by atomic mass is 31.1. The first kappa shape index (κ1) is 16.4. The average Bonchev–Trinajstić information content (AvgIpc) is 2.86. The number of aliphatic hydroxyl groups excluding tert-OH is 1. The van der Waals surface area contributed by atoms with Crippen LogP contribution in [0.25, 0.3) is 0 Å². The van der Waals surface area contributed by atoms with Gasteiger partial charge in [0.05, 0.1) is 18.8 Å². The SMILES string of the molecule is Cc1ccc(CC2=CC=C3CO[C@@]4(CC(O)CC(C)O4)[PH]3=C2)cc1. The lowest BCUT2D eigenvalue weighted by molar-refractivity contribution is -0.227. The summed E-state index contributed by atoms with van der Waals surface area (Å²) in [6.07, 6.45) is 6.39. The molecule has 3 aliphatic rings. The third-order valence-electron chi connectivity index (χ3n) is 5.07. The maximum absolute atomic E-state index is 10.2. The molecule has 1 N–H and O–H groups in total. The van der Waals surface area contributed by atoms with Gasteiger partial charge in [-0.15, -0.1) is 0 Å². The highest BCUT2D eigenvalue weighted by molar-refractivity contribution is 7.63. The third-order valence-corrected chi connectivity index (χ3v) is 8.02. The summed E-state index contributed by atoms with van der Waals surface area (Å²) in [5.74, 6) is 2.39. The summed E-state index contributed by atoms with van der Waals surface area (Å²) >= 11 is 0. The molecule has 0 saturated carbocycles. The second-order valence-electron chi connectivity index (χ2n) is 7.22. The first-order chi connectivity index (χ1) is 11.5. The van der Waals surface area contributed by atoms with Crippen molar-refractivity contribution in [1.82, 2.24) is 0 Å². The standard InChI is InChI=1S/C20H25O3P/c1-14-3-5-16(6-4-14)10-17-7-8-19-12-22-20(24(19)13-17)11-18(21)9-15(2)23-20/h3-8,13,15,18,21,24H,9-12H2,1-2H3/t15?,18?,20-/m1/s1. The van der Waals surface area contributed by atoms with Crippen LogP contribution in [0, 0.1) is 6.92 Å². The fourth-order valence-corrected chi connectivity index (χ4v) is 6.86. The summed E-state index contributed by atoms with van der Waals surface area (Å²) < 4.78 is 12.4. The summed E-state index contributed by atoms with van der Waals surface area (Å²) in [4.78, 5) is 0. The second kappa shape index (κ2) is 6.31. The number of rotatable bonds is 2. The van der Waals surface area contributed by atoms with E-state index in [1.54, 1.807) is 0 Å². The lowest BCUT2D eigenvalue weighted by Crippen LogP contribution is -2.43. The maximum Gasteiger partial charge on any atom is 0.190 e. The zero-order valence-electron chi connectivity index (χ0n) is 14.3.